The topological polar surface area (TPSA) is 52.5 Å². The highest BCUT2D eigenvalue weighted by Crippen LogP contribution is 2.21. The number of nitrogens with zero attached hydrogens (tertiary/aromatic N) is 4. The summed E-state index contributed by atoms with van der Waals surface area (Å²) in [6.45, 7) is 5.26. The highest BCUT2D eigenvalue weighted by Gasteiger charge is 2.26. The van der Waals surface area contributed by atoms with Crippen molar-refractivity contribution in [2.75, 3.05) is 26.2 Å². The van der Waals surface area contributed by atoms with E-state index < -0.39 is 0 Å². The van der Waals surface area contributed by atoms with Gasteiger partial charge >= 0.3 is 0 Å². The van der Waals surface area contributed by atoms with Crippen molar-refractivity contribution in [3.05, 3.63) is 46.2 Å². The molecule has 1 N–H and O–H groups in total. The molecule has 1 aliphatic rings. The number of benzene rings is 1. The van der Waals surface area contributed by atoms with Crippen molar-refractivity contribution in [1.29, 1.82) is 0 Å². The van der Waals surface area contributed by atoms with Crippen LogP contribution in [0.25, 0.3) is 11.0 Å². The summed E-state index contributed by atoms with van der Waals surface area (Å²) >= 11 is 3.02. The third-order valence-electron chi connectivity index (χ3n) is 4.84. The number of aliphatic hydroxyl groups is 1. The SMILES string of the molecule is OCCC1CN(Cc2ccc3nsnc3c2)CCN1Cc1ccsc1. The summed E-state index contributed by atoms with van der Waals surface area (Å²) in [5.41, 5.74) is 4.63. The molecule has 4 rings (SSSR count). The first-order chi connectivity index (χ1) is 12.3. The molecule has 0 amide bonds. The van der Waals surface area contributed by atoms with Gasteiger partial charge in [-0.05, 0) is 46.5 Å². The lowest BCUT2D eigenvalue weighted by Crippen LogP contribution is -2.52. The summed E-state index contributed by atoms with van der Waals surface area (Å²) in [5.74, 6) is 0. The van der Waals surface area contributed by atoms with Crippen molar-refractivity contribution in [2.45, 2.75) is 25.6 Å². The van der Waals surface area contributed by atoms with E-state index in [9.17, 15) is 5.11 Å². The summed E-state index contributed by atoms with van der Waals surface area (Å²) in [5, 5.41) is 13.8. The van der Waals surface area contributed by atoms with E-state index in [4.69, 9.17) is 0 Å². The standard InChI is InChI=1S/C18H22N4OS2/c23-7-3-16-12-21(5-6-22(16)11-15-4-8-24-13-15)10-14-1-2-17-18(9-14)20-25-19-17/h1-2,4,8-9,13,16,23H,3,5-7,10-12H2. The second-order valence-corrected chi connectivity index (χ2v) is 7.90. The van der Waals surface area contributed by atoms with Crippen LogP contribution in [0.1, 0.15) is 17.5 Å². The van der Waals surface area contributed by atoms with Gasteiger partial charge in [-0.2, -0.15) is 20.1 Å². The number of fused-ring (bicyclic) bond motifs is 1. The largest absolute Gasteiger partial charge is 0.396 e. The Labute approximate surface area is 155 Å². The first kappa shape index (κ1) is 17.1. The molecule has 1 unspecified atom stereocenters. The summed E-state index contributed by atoms with van der Waals surface area (Å²) in [7, 11) is 0. The zero-order valence-electron chi connectivity index (χ0n) is 14.0. The molecule has 0 radical (unpaired) electrons. The van der Waals surface area contributed by atoms with Crippen molar-refractivity contribution in [3.63, 3.8) is 0 Å². The summed E-state index contributed by atoms with van der Waals surface area (Å²) < 4.78 is 8.61. The maximum atomic E-state index is 9.48. The fraction of sp³-hybridized carbons (Fsp3) is 0.444. The first-order valence-electron chi connectivity index (χ1n) is 8.61. The zero-order chi connectivity index (χ0) is 17.1. The molecule has 5 nitrogen and oxygen atoms in total. The van der Waals surface area contributed by atoms with E-state index in [1.807, 2.05) is 0 Å². The second-order valence-electron chi connectivity index (χ2n) is 6.59. The Bertz CT molecular complexity index is 804. The molecular weight excluding hydrogens is 352 g/mol. The van der Waals surface area contributed by atoms with Crippen LogP contribution in [0, 0.1) is 0 Å². The smallest absolute Gasteiger partial charge is 0.105 e. The number of hydrogen-bond acceptors (Lipinski definition) is 7. The van der Waals surface area contributed by atoms with Gasteiger partial charge < -0.3 is 5.11 Å². The molecule has 3 aromatic rings. The van der Waals surface area contributed by atoms with E-state index >= 15 is 0 Å². The van der Waals surface area contributed by atoms with Gasteiger partial charge in [-0.3, -0.25) is 9.80 Å². The molecular formula is C18H22N4OS2. The van der Waals surface area contributed by atoms with Crippen LogP contribution in [0.2, 0.25) is 0 Å². The number of aromatic nitrogens is 2. The third-order valence-corrected chi connectivity index (χ3v) is 6.13. The van der Waals surface area contributed by atoms with Crippen LogP contribution in [0.3, 0.4) is 0 Å². The van der Waals surface area contributed by atoms with Crippen LogP contribution in [0.15, 0.2) is 35.0 Å². The molecule has 1 atom stereocenters. The lowest BCUT2D eigenvalue weighted by Gasteiger charge is -2.41. The van der Waals surface area contributed by atoms with Crippen LogP contribution in [0.4, 0.5) is 0 Å². The fourth-order valence-electron chi connectivity index (χ4n) is 3.53. The molecule has 0 bridgehead atoms. The van der Waals surface area contributed by atoms with Gasteiger partial charge in [0.05, 0.1) is 11.7 Å². The van der Waals surface area contributed by atoms with Crippen molar-refractivity contribution in [1.82, 2.24) is 18.5 Å². The average molecular weight is 375 g/mol. The number of thiophene rings is 1. The Morgan fingerprint density at radius 3 is 2.84 bits per heavy atom. The molecule has 0 aliphatic carbocycles. The number of piperazine rings is 1. The Hall–Kier alpha value is -1.38. The molecule has 1 fully saturated rings. The van der Waals surface area contributed by atoms with Crippen LogP contribution in [0.5, 0.6) is 0 Å². The Morgan fingerprint density at radius 1 is 1.08 bits per heavy atom. The Balaban J connectivity index is 1.41. The molecule has 25 heavy (non-hydrogen) atoms. The normalized spacial score (nSPS) is 19.6. The van der Waals surface area contributed by atoms with E-state index in [-0.39, 0.29) is 6.61 Å². The van der Waals surface area contributed by atoms with Crippen molar-refractivity contribution in [3.8, 4) is 0 Å². The number of aliphatic hydroxyl groups excluding tert-OH is 1. The maximum absolute atomic E-state index is 9.48. The third kappa shape index (κ3) is 4.07. The lowest BCUT2D eigenvalue weighted by molar-refractivity contribution is 0.0501. The molecule has 1 saturated heterocycles. The molecule has 3 heterocycles. The highest BCUT2D eigenvalue weighted by atomic mass is 32.1. The summed E-state index contributed by atoms with van der Waals surface area (Å²) in [6, 6.07) is 8.97. The van der Waals surface area contributed by atoms with Gasteiger partial charge in [-0.1, -0.05) is 6.07 Å². The minimum Gasteiger partial charge on any atom is -0.396 e. The average Bonchev–Trinajstić information content (AvgIpc) is 3.28. The predicted octanol–water partition coefficient (Wildman–Crippen LogP) is 2.82. The molecule has 0 spiro atoms. The molecule has 0 saturated carbocycles. The van der Waals surface area contributed by atoms with Gasteiger partial charge in [-0.15, -0.1) is 0 Å². The highest BCUT2D eigenvalue weighted by molar-refractivity contribution is 7.07. The molecule has 1 aromatic carbocycles. The quantitative estimate of drug-likeness (QED) is 0.719. The molecule has 7 heteroatoms. The Morgan fingerprint density at radius 2 is 2.00 bits per heavy atom. The van der Waals surface area contributed by atoms with Crippen molar-refractivity contribution >= 4 is 34.1 Å². The molecule has 1 aliphatic heterocycles. The molecule has 132 valence electrons. The van der Waals surface area contributed by atoms with E-state index in [0.717, 1.165) is 50.2 Å². The van der Waals surface area contributed by atoms with Gasteiger partial charge in [0.25, 0.3) is 0 Å². The fourth-order valence-corrected chi connectivity index (χ4v) is 4.71. The summed E-state index contributed by atoms with van der Waals surface area (Å²) in [4.78, 5) is 5.01. The lowest BCUT2D eigenvalue weighted by atomic mass is 10.1. The minimum absolute atomic E-state index is 0.245. The van der Waals surface area contributed by atoms with Crippen LogP contribution < -0.4 is 0 Å². The van der Waals surface area contributed by atoms with E-state index in [1.165, 1.54) is 22.9 Å². The van der Waals surface area contributed by atoms with Gasteiger partial charge in [0.2, 0.25) is 0 Å². The van der Waals surface area contributed by atoms with Gasteiger partial charge in [-0.25, -0.2) is 0 Å². The predicted molar refractivity (Wildman–Crippen MR) is 103 cm³/mol. The van der Waals surface area contributed by atoms with Gasteiger partial charge in [0, 0.05) is 45.4 Å². The Kier molecular flexibility index (Phi) is 5.38. The van der Waals surface area contributed by atoms with E-state index in [0.29, 0.717) is 6.04 Å². The van der Waals surface area contributed by atoms with E-state index in [1.54, 1.807) is 11.3 Å². The zero-order valence-corrected chi connectivity index (χ0v) is 15.7. The minimum atomic E-state index is 0.245. The van der Waals surface area contributed by atoms with Crippen molar-refractivity contribution in [2.24, 2.45) is 0 Å². The number of hydrogen-bond donors (Lipinski definition) is 1. The second kappa shape index (κ2) is 7.88. The van der Waals surface area contributed by atoms with Crippen LogP contribution >= 0.6 is 23.1 Å². The molecule has 2 aromatic heterocycles. The van der Waals surface area contributed by atoms with Crippen molar-refractivity contribution < 1.29 is 5.11 Å². The van der Waals surface area contributed by atoms with Gasteiger partial charge in [0.1, 0.15) is 11.0 Å². The number of rotatable bonds is 6. The van der Waals surface area contributed by atoms with Crippen LogP contribution in [-0.2, 0) is 13.1 Å². The van der Waals surface area contributed by atoms with Crippen LogP contribution in [-0.4, -0.2) is 55.9 Å². The maximum Gasteiger partial charge on any atom is 0.105 e. The van der Waals surface area contributed by atoms with Gasteiger partial charge in [0.15, 0.2) is 0 Å². The first-order valence-corrected chi connectivity index (χ1v) is 10.3. The summed E-state index contributed by atoms with van der Waals surface area (Å²) in [6.07, 6.45) is 0.829. The monoisotopic (exact) mass is 374 g/mol. The van der Waals surface area contributed by atoms with E-state index in [2.05, 4.69) is 53.6 Å².